The monoisotopic (exact) mass is 212 g/mol. The first-order valence-electron chi connectivity index (χ1n) is 4.61. The number of hydrogen-bond acceptors (Lipinski definition) is 2. The van der Waals surface area contributed by atoms with E-state index in [1.54, 1.807) is 0 Å². The highest BCUT2D eigenvalue weighted by molar-refractivity contribution is 5.85. The zero-order chi connectivity index (χ0) is 11.0. The summed E-state index contributed by atoms with van der Waals surface area (Å²) in [5.41, 5.74) is 0.0907. The van der Waals surface area contributed by atoms with Crippen molar-refractivity contribution >= 4 is 5.91 Å². The van der Waals surface area contributed by atoms with E-state index < -0.39 is 17.6 Å². The number of hydrogen-bond donors (Lipinski definition) is 1. The van der Waals surface area contributed by atoms with E-state index in [0.717, 1.165) is 11.1 Å². The van der Waals surface area contributed by atoms with Crippen LogP contribution in [0.15, 0.2) is 18.2 Å². The lowest BCUT2D eigenvalue weighted by molar-refractivity contribution is -0.129. The van der Waals surface area contributed by atoms with Crippen LogP contribution >= 0.6 is 0 Å². The summed E-state index contributed by atoms with van der Waals surface area (Å²) >= 11 is 0. The van der Waals surface area contributed by atoms with Crippen LogP contribution in [-0.4, -0.2) is 17.5 Å². The van der Waals surface area contributed by atoms with Crippen LogP contribution in [0.25, 0.3) is 0 Å². The molecule has 2 rings (SSSR count). The van der Waals surface area contributed by atoms with Crippen LogP contribution in [0.1, 0.15) is 17.9 Å². The Balaban J connectivity index is 2.38. The summed E-state index contributed by atoms with van der Waals surface area (Å²) in [7, 11) is 0. The van der Waals surface area contributed by atoms with Crippen LogP contribution in [0.5, 0.6) is 0 Å². The van der Waals surface area contributed by atoms with E-state index in [4.69, 9.17) is 5.84 Å². The van der Waals surface area contributed by atoms with Gasteiger partial charge in [0.2, 0.25) is 5.91 Å². The molecule has 0 aliphatic carbocycles. The fourth-order valence-corrected chi connectivity index (χ4v) is 1.78. The predicted octanol–water partition coefficient (Wildman–Crippen LogP) is 1.15. The standard InChI is InChI=1S/C10H10F2N2O/c11-8-3-1-2-6(9(8)12)7-4-5-14(13)10(7)15/h1-3,7H,4-5,13H2. The molecule has 1 unspecified atom stereocenters. The van der Waals surface area contributed by atoms with Crippen LogP contribution in [-0.2, 0) is 4.79 Å². The molecule has 0 aromatic heterocycles. The van der Waals surface area contributed by atoms with Gasteiger partial charge < -0.3 is 0 Å². The van der Waals surface area contributed by atoms with Crippen molar-refractivity contribution in [3.63, 3.8) is 0 Å². The number of benzene rings is 1. The molecule has 1 aromatic rings. The van der Waals surface area contributed by atoms with Gasteiger partial charge in [0.25, 0.3) is 0 Å². The second-order valence-electron chi connectivity index (χ2n) is 3.52. The highest BCUT2D eigenvalue weighted by atomic mass is 19.2. The third kappa shape index (κ3) is 1.59. The minimum atomic E-state index is -0.953. The molecular weight excluding hydrogens is 202 g/mol. The van der Waals surface area contributed by atoms with Crippen molar-refractivity contribution < 1.29 is 13.6 Å². The molecule has 1 aromatic carbocycles. The molecule has 5 heteroatoms. The van der Waals surface area contributed by atoms with Gasteiger partial charge in [0.15, 0.2) is 11.6 Å². The van der Waals surface area contributed by atoms with Gasteiger partial charge in [0.05, 0.1) is 5.92 Å². The Kier molecular flexibility index (Phi) is 2.40. The predicted molar refractivity (Wildman–Crippen MR) is 49.6 cm³/mol. The maximum absolute atomic E-state index is 13.4. The largest absolute Gasteiger partial charge is 0.280 e. The molecule has 1 amide bonds. The smallest absolute Gasteiger partial charge is 0.244 e. The number of nitrogens with zero attached hydrogens (tertiary/aromatic N) is 1. The van der Waals surface area contributed by atoms with Crippen molar-refractivity contribution in [3.05, 3.63) is 35.4 Å². The minimum Gasteiger partial charge on any atom is -0.280 e. The molecule has 80 valence electrons. The average Bonchev–Trinajstić information content (AvgIpc) is 2.53. The van der Waals surface area contributed by atoms with Crippen LogP contribution in [0, 0.1) is 11.6 Å². The molecule has 1 aliphatic rings. The van der Waals surface area contributed by atoms with Gasteiger partial charge in [-0.1, -0.05) is 12.1 Å². The van der Waals surface area contributed by atoms with Crippen molar-refractivity contribution in [2.45, 2.75) is 12.3 Å². The molecule has 1 saturated heterocycles. The van der Waals surface area contributed by atoms with Gasteiger partial charge in [-0.25, -0.2) is 14.6 Å². The second kappa shape index (κ2) is 3.58. The van der Waals surface area contributed by atoms with E-state index in [-0.39, 0.29) is 11.5 Å². The van der Waals surface area contributed by atoms with Crippen LogP contribution < -0.4 is 5.84 Å². The molecule has 15 heavy (non-hydrogen) atoms. The van der Waals surface area contributed by atoms with E-state index in [9.17, 15) is 13.6 Å². The molecule has 3 nitrogen and oxygen atoms in total. The summed E-state index contributed by atoms with van der Waals surface area (Å²) in [4.78, 5) is 11.5. The van der Waals surface area contributed by atoms with E-state index in [1.165, 1.54) is 12.1 Å². The fraction of sp³-hybridized carbons (Fsp3) is 0.300. The first-order valence-corrected chi connectivity index (χ1v) is 4.61. The lowest BCUT2D eigenvalue weighted by atomic mass is 9.97. The molecule has 0 radical (unpaired) electrons. The van der Waals surface area contributed by atoms with Crippen LogP contribution in [0.3, 0.4) is 0 Å². The number of carbonyl (C=O) groups excluding carboxylic acids is 1. The summed E-state index contributed by atoms with van der Waals surface area (Å²) < 4.78 is 26.3. The SMILES string of the molecule is NN1CCC(c2cccc(F)c2F)C1=O. The Morgan fingerprint density at radius 3 is 2.73 bits per heavy atom. The Bertz CT molecular complexity index is 408. The normalized spacial score (nSPS) is 21.1. The average molecular weight is 212 g/mol. The third-order valence-corrected chi connectivity index (χ3v) is 2.60. The maximum Gasteiger partial charge on any atom is 0.244 e. The van der Waals surface area contributed by atoms with Crippen molar-refractivity contribution in [3.8, 4) is 0 Å². The lowest BCUT2D eigenvalue weighted by Crippen LogP contribution is -2.33. The summed E-state index contributed by atoms with van der Waals surface area (Å²) in [6.45, 7) is 0.374. The molecule has 1 heterocycles. The molecule has 1 atom stereocenters. The van der Waals surface area contributed by atoms with Crippen molar-refractivity contribution in [2.24, 2.45) is 5.84 Å². The number of halogens is 2. The number of hydrazine groups is 1. The van der Waals surface area contributed by atoms with Crippen molar-refractivity contribution in [1.82, 2.24) is 5.01 Å². The first kappa shape index (κ1) is 10.0. The maximum atomic E-state index is 13.4. The highest BCUT2D eigenvalue weighted by Crippen LogP contribution is 2.29. The second-order valence-corrected chi connectivity index (χ2v) is 3.52. The Labute approximate surface area is 85.4 Å². The van der Waals surface area contributed by atoms with E-state index >= 15 is 0 Å². The van der Waals surface area contributed by atoms with E-state index in [1.807, 2.05) is 0 Å². The summed E-state index contributed by atoms with van der Waals surface area (Å²) in [6, 6.07) is 3.83. The van der Waals surface area contributed by atoms with E-state index in [0.29, 0.717) is 13.0 Å². The Morgan fingerprint density at radius 1 is 1.40 bits per heavy atom. The topological polar surface area (TPSA) is 46.3 Å². The van der Waals surface area contributed by atoms with Gasteiger partial charge in [-0.3, -0.25) is 9.80 Å². The van der Waals surface area contributed by atoms with Gasteiger partial charge in [0, 0.05) is 12.1 Å². The van der Waals surface area contributed by atoms with Crippen molar-refractivity contribution in [2.75, 3.05) is 6.54 Å². The van der Waals surface area contributed by atoms with Gasteiger partial charge >= 0.3 is 0 Å². The summed E-state index contributed by atoms with van der Waals surface area (Å²) in [5, 5.41) is 1.04. The molecule has 0 saturated carbocycles. The minimum absolute atomic E-state index is 0.0907. The third-order valence-electron chi connectivity index (χ3n) is 2.60. The highest BCUT2D eigenvalue weighted by Gasteiger charge is 2.33. The molecule has 1 fully saturated rings. The summed E-state index contributed by atoms with van der Waals surface area (Å²) in [6.07, 6.45) is 0.426. The molecule has 0 bridgehead atoms. The van der Waals surface area contributed by atoms with Gasteiger partial charge in [0.1, 0.15) is 0 Å². The quantitative estimate of drug-likeness (QED) is 0.560. The molecule has 2 N–H and O–H groups in total. The number of rotatable bonds is 1. The fourth-order valence-electron chi connectivity index (χ4n) is 1.78. The van der Waals surface area contributed by atoms with Gasteiger partial charge in [-0.15, -0.1) is 0 Å². The molecular formula is C10H10F2N2O. The number of carbonyl (C=O) groups is 1. The summed E-state index contributed by atoms with van der Waals surface area (Å²) in [5.74, 6) is 2.47. The number of nitrogens with two attached hydrogens (primary N) is 1. The number of amides is 1. The Morgan fingerprint density at radius 2 is 2.13 bits per heavy atom. The molecule has 0 spiro atoms. The van der Waals surface area contributed by atoms with Crippen LogP contribution in [0.2, 0.25) is 0 Å². The van der Waals surface area contributed by atoms with Gasteiger partial charge in [-0.05, 0) is 12.5 Å². The zero-order valence-electron chi connectivity index (χ0n) is 7.91. The van der Waals surface area contributed by atoms with E-state index in [2.05, 4.69) is 0 Å². The first-order chi connectivity index (χ1) is 7.11. The van der Waals surface area contributed by atoms with Crippen molar-refractivity contribution in [1.29, 1.82) is 0 Å². The molecule has 1 aliphatic heterocycles. The van der Waals surface area contributed by atoms with Crippen LogP contribution in [0.4, 0.5) is 8.78 Å². The lowest BCUT2D eigenvalue weighted by Gasteiger charge is -2.11. The van der Waals surface area contributed by atoms with Gasteiger partial charge in [-0.2, -0.15) is 0 Å². The zero-order valence-corrected chi connectivity index (χ0v) is 7.91. The Hall–Kier alpha value is -1.49.